The van der Waals surface area contributed by atoms with E-state index >= 15 is 0 Å². The molecular formula is C23H24ClN3O3. The van der Waals surface area contributed by atoms with Gasteiger partial charge in [-0.25, -0.2) is 0 Å². The fourth-order valence-corrected chi connectivity index (χ4v) is 3.86. The zero-order chi connectivity index (χ0) is 20.9. The summed E-state index contributed by atoms with van der Waals surface area (Å²) in [5, 5.41) is 6.32. The first kappa shape index (κ1) is 20.4. The number of halogens is 1. The van der Waals surface area contributed by atoms with Crippen LogP contribution in [0, 0.1) is 0 Å². The third-order valence-electron chi connectivity index (χ3n) is 5.22. The monoisotopic (exact) mass is 425 g/mol. The fraction of sp³-hybridized carbons (Fsp3) is 0.304. The summed E-state index contributed by atoms with van der Waals surface area (Å²) in [6.07, 6.45) is 5.09. The van der Waals surface area contributed by atoms with E-state index in [1.54, 1.807) is 42.5 Å². The van der Waals surface area contributed by atoms with Crippen LogP contribution in [0.3, 0.4) is 0 Å². The van der Waals surface area contributed by atoms with Crippen LogP contribution in [0.1, 0.15) is 35.2 Å². The molecule has 7 heteroatoms. The van der Waals surface area contributed by atoms with Crippen molar-refractivity contribution in [1.82, 2.24) is 10.2 Å². The molecule has 0 bridgehead atoms. The molecule has 6 nitrogen and oxygen atoms in total. The summed E-state index contributed by atoms with van der Waals surface area (Å²) in [6.45, 7) is 3.95. The number of carbonyl (C=O) groups is 2. The molecule has 0 saturated carbocycles. The van der Waals surface area contributed by atoms with Crippen LogP contribution in [0.15, 0.2) is 48.2 Å². The van der Waals surface area contributed by atoms with E-state index < -0.39 is 0 Å². The molecule has 2 N–H and O–H groups in total. The van der Waals surface area contributed by atoms with E-state index in [9.17, 15) is 9.59 Å². The van der Waals surface area contributed by atoms with E-state index in [0.717, 1.165) is 31.6 Å². The second-order valence-corrected chi connectivity index (χ2v) is 7.93. The minimum Gasteiger partial charge on any atom is -0.449 e. The van der Waals surface area contributed by atoms with Gasteiger partial charge in [0, 0.05) is 17.1 Å². The minimum absolute atomic E-state index is 0.159. The Morgan fingerprint density at radius 1 is 1.20 bits per heavy atom. The van der Waals surface area contributed by atoms with Crippen molar-refractivity contribution in [3.05, 3.63) is 64.4 Å². The average molecular weight is 426 g/mol. The normalized spacial score (nSPS) is 17.4. The highest BCUT2D eigenvalue weighted by Gasteiger charge is 2.23. The molecule has 30 heavy (non-hydrogen) atoms. The molecule has 1 saturated heterocycles. The van der Waals surface area contributed by atoms with E-state index in [4.69, 9.17) is 16.3 Å². The SMILES string of the molecule is O=C1Nc2cc(C(=O)NCCCN3CCCC3)ccc2OC1=Cc1cccc(Cl)c1. The number of carbonyl (C=O) groups excluding carboxylic acids is 2. The molecule has 2 heterocycles. The fourth-order valence-electron chi connectivity index (χ4n) is 3.66. The van der Waals surface area contributed by atoms with Gasteiger partial charge >= 0.3 is 0 Å². The lowest BCUT2D eigenvalue weighted by molar-refractivity contribution is -0.115. The molecule has 156 valence electrons. The second kappa shape index (κ2) is 9.32. The van der Waals surface area contributed by atoms with Crippen molar-refractivity contribution in [1.29, 1.82) is 0 Å². The molecule has 2 amide bonds. The van der Waals surface area contributed by atoms with Gasteiger partial charge in [0.25, 0.3) is 11.8 Å². The Balaban J connectivity index is 1.37. The Kier molecular flexibility index (Phi) is 6.35. The number of hydrogen-bond donors (Lipinski definition) is 2. The van der Waals surface area contributed by atoms with Crippen molar-refractivity contribution in [3.63, 3.8) is 0 Å². The summed E-state index contributed by atoms with van der Waals surface area (Å²) in [5.41, 5.74) is 1.73. The van der Waals surface area contributed by atoms with Gasteiger partial charge in [-0.3, -0.25) is 9.59 Å². The Bertz CT molecular complexity index is 983. The number of anilines is 1. The third-order valence-corrected chi connectivity index (χ3v) is 5.45. The number of amides is 2. The van der Waals surface area contributed by atoms with Crippen LogP contribution < -0.4 is 15.4 Å². The number of nitrogens with one attached hydrogen (secondary N) is 2. The van der Waals surface area contributed by atoms with Gasteiger partial charge in [0.05, 0.1) is 5.69 Å². The largest absolute Gasteiger partial charge is 0.449 e. The average Bonchev–Trinajstić information content (AvgIpc) is 3.25. The lowest BCUT2D eigenvalue weighted by Gasteiger charge is -2.20. The Labute approximate surface area is 180 Å². The van der Waals surface area contributed by atoms with Crippen LogP contribution in [0.25, 0.3) is 6.08 Å². The number of benzene rings is 2. The summed E-state index contributed by atoms with van der Waals surface area (Å²) < 4.78 is 5.75. The molecule has 0 spiro atoms. The molecule has 2 aliphatic rings. The molecule has 4 rings (SSSR count). The van der Waals surface area contributed by atoms with E-state index in [-0.39, 0.29) is 17.6 Å². The lowest BCUT2D eigenvalue weighted by atomic mass is 10.1. The Morgan fingerprint density at radius 2 is 2.03 bits per heavy atom. The van der Waals surface area contributed by atoms with Gasteiger partial charge in [-0.1, -0.05) is 23.7 Å². The lowest BCUT2D eigenvalue weighted by Crippen LogP contribution is -2.29. The Hall–Kier alpha value is -2.83. The first-order chi connectivity index (χ1) is 14.6. The number of likely N-dealkylation sites (tertiary alicyclic amines) is 1. The maximum Gasteiger partial charge on any atom is 0.291 e. The summed E-state index contributed by atoms with van der Waals surface area (Å²) in [6, 6.07) is 12.2. The molecule has 0 atom stereocenters. The van der Waals surface area contributed by atoms with Gasteiger partial charge in [-0.15, -0.1) is 0 Å². The highest BCUT2D eigenvalue weighted by atomic mass is 35.5. The highest BCUT2D eigenvalue weighted by molar-refractivity contribution is 6.30. The van der Waals surface area contributed by atoms with Crippen LogP contribution >= 0.6 is 11.6 Å². The van der Waals surface area contributed by atoms with Crippen LogP contribution in [0.5, 0.6) is 5.75 Å². The zero-order valence-corrected chi connectivity index (χ0v) is 17.4. The van der Waals surface area contributed by atoms with E-state index in [0.29, 0.717) is 28.6 Å². The van der Waals surface area contributed by atoms with Gasteiger partial charge in [0.15, 0.2) is 11.5 Å². The van der Waals surface area contributed by atoms with Crippen molar-refractivity contribution >= 4 is 35.2 Å². The predicted molar refractivity (Wildman–Crippen MR) is 118 cm³/mol. The Morgan fingerprint density at radius 3 is 2.83 bits per heavy atom. The topological polar surface area (TPSA) is 70.7 Å². The van der Waals surface area contributed by atoms with Crippen LogP contribution in [0.4, 0.5) is 5.69 Å². The van der Waals surface area contributed by atoms with Crippen LogP contribution in [-0.4, -0.2) is 42.9 Å². The van der Waals surface area contributed by atoms with E-state index in [1.165, 1.54) is 12.8 Å². The summed E-state index contributed by atoms with van der Waals surface area (Å²) in [4.78, 5) is 27.3. The first-order valence-electron chi connectivity index (χ1n) is 10.2. The number of nitrogens with zero attached hydrogens (tertiary/aromatic N) is 1. The van der Waals surface area contributed by atoms with Gasteiger partial charge in [-0.05, 0) is 80.9 Å². The molecule has 0 radical (unpaired) electrons. The zero-order valence-electron chi connectivity index (χ0n) is 16.6. The quantitative estimate of drug-likeness (QED) is 0.543. The van der Waals surface area contributed by atoms with Gasteiger partial charge in [0.1, 0.15) is 0 Å². The summed E-state index contributed by atoms with van der Waals surface area (Å²) >= 11 is 5.99. The molecule has 0 aromatic heterocycles. The summed E-state index contributed by atoms with van der Waals surface area (Å²) in [5.74, 6) is 0.136. The third kappa shape index (κ3) is 5.01. The molecular weight excluding hydrogens is 402 g/mol. The maximum atomic E-state index is 12.4. The minimum atomic E-state index is -0.370. The van der Waals surface area contributed by atoms with E-state index in [1.807, 2.05) is 6.07 Å². The number of hydrogen-bond acceptors (Lipinski definition) is 4. The molecule has 2 aromatic carbocycles. The summed E-state index contributed by atoms with van der Waals surface area (Å²) in [7, 11) is 0. The van der Waals surface area contributed by atoms with Crippen molar-refractivity contribution in [3.8, 4) is 5.75 Å². The van der Waals surface area contributed by atoms with Crippen molar-refractivity contribution in [2.45, 2.75) is 19.3 Å². The molecule has 1 fully saturated rings. The smallest absolute Gasteiger partial charge is 0.291 e. The van der Waals surface area contributed by atoms with Crippen molar-refractivity contribution < 1.29 is 14.3 Å². The highest BCUT2D eigenvalue weighted by Crippen LogP contribution is 2.32. The maximum absolute atomic E-state index is 12.4. The van der Waals surface area contributed by atoms with Crippen LogP contribution in [-0.2, 0) is 4.79 Å². The van der Waals surface area contributed by atoms with Crippen LogP contribution in [0.2, 0.25) is 5.02 Å². The van der Waals surface area contributed by atoms with Gasteiger partial charge in [-0.2, -0.15) is 0 Å². The first-order valence-corrected chi connectivity index (χ1v) is 10.6. The van der Waals surface area contributed by atoms with Gasteiger partial charge in [0.2, 0.25) is 0 Å². The number of rotatable bonds is 6. The molecule has 2 aromatic rings. The molecule has 0 unspecified atom stereocenters. The number of ether oxygens (including phenoxy) is 1. The predicted octanol–water partition coefficient (Wildman–Crippen LogP) is 3.93. The number of fused-ring (bicyclic) bond motifs is 1. The standard InChI is InChI=1S/C23H24ClN3O3/c24-18-6-3-5-16(13-18)14-21-23(29)26-19-15-17(7-8-20(19)30-21)22(28)25-9-4-12-27-10-1-2-11-27/h3,5-8,13-15H,1-2,4,9-12H2,(H,25,28)(H,26,29). The van der Waals surface area contributed by atoms with Crippen molar-refractivity contribution in [2.75, 3.05) is 31.5 Å². The van der Waals surface area contributed by atoms with E-state index in [2.05, 4.69) is 15.5 Å². The second-order valence-electron chi connectivity index (χ2n) is 7.49. The van der Waals surface area contributed by atoms with Gasteiger partial charge < -0.3 is 20.3 Å². The van der Waals surface area contributed by atoms with Crippen molar-refractivity contribution in [2.24, 2.45) is 0 Å². The molecule has 2 aliphatic heterocycles. The molecule has 0 aliphatic carbocycles.